The summed E-state index contributed by atoms with van der Waals surface area (Å²) in [7, 11) is -3.72. The third-order valence-corrected chi connectivity index (χ3v) is 4.99. The lowest BCUT2D eigenvalue weighted by molar-refractivity contribution is 0.0453. The van der Waals surface area contributed by atoms with Crippen LogP contribution in [0.4, 0.5) is 0 Å². The number of carbonyl (C=O) groups is 1. The van der Waals surface area contributed by atoms with E-state index in [9.17, 15) is 13.2 Å². The maximum absolute atomic E-state index is 12.0. The highest BCUT2D eigenvalue weighted by molar-refractivity contribution is 7.89. The Hall–Kier alpha value is -1.15. The molecule has 0 atom stereocenters. The van der Waals surface area contributed by atoms with E-state index in [4.69, 9.17) is 21.8 Å². The van der Waals surface area contributed by atoms with E-state index in [-0.39, 0.29) is 34.0 Å². The first-order chi connectivity index (χ1) is 9.29. The van der Waals surface area contributed by atoms with Gasteiger partial charge in [-0.25, -0.2) is 17.9 Å². The van der Waals surface area contributed by atoms with Crippen molar-refractivity contribution in [3.63, 3.8) is 0 Å². The largest absolute Gasteiger partial charge is 0.478 e. The summed E-state index contributed by atoms with van der Waals surface area (Å²) >= 11 is 5.74. The minimum absolute atomic E-state index is 0.0765. The number of hydrogen-bond donors (Lipinski definition) is 3. The third kappa shape index (κ3) is 3.29. The molecule has 0 spiro atoms. The Balaban J connectivity index is 2.09. The van der Waals surface area contributed by atoms with Gasteiger partial charge in [0, 0.05) is 6.54 Å². The van der Waals surface area contributed by atoms with Crippen molar-refractivity contribution < 1.29 is 23.4 Å². The van der Waals surface area contributed by atoms with Crippen molar-refractivity contribution in [2.75, 3.05) is 6.54 Å². The summed E-state index contributed by atoms with van der Waals surface area (Å²) in [5, 5.41) is 17.8. The maximum atomic E-state index is 12.0. The van der Waals surface area contributed by atoms with Gasteiger partial charge in [0.25, 0.3) is 0 Å². The van der Waals surface area contributed by atoms with Gasteiger partial charge in [0.15, 0.2) is 0 Å². The summed E-state index contributed by atoms with van der Waals surface area (Å²) in [5.74, 6) is -1.08. The molecule has 0 amide bonds. The van der Waals surface area contributed by atoms with Gasteiger partial charge in [-0.3, -0.25) is 0 Å². The summed E-state index contributed by atoms with van der Waals surface area (Å²) in [6, 6.07) is 3.47. The number of carboxylic acid groups (broad SMARTS) is 1. The van der Waals surface area contributed by atoms with Crippen LogP contribution in [0.1, 0.15) is 23.2 Å². The van der Waals surface area contributed by atoms with Crippen LogP contribution in [0.3, 0.4) is 0 Å². The Kier molecular flexibility index (Phi) is 4.33. The van der Waals surface area contributed by atoms with E-state index in [1.807, 2.05) is 0 Å². The molecule has 0 unspecified atom stereocenters. The smallest absolute Gasteiger partial charge is 0.337 e. The Labute approximate surface area is 121 Å². The summed E-state index contributed by atoms with van der Waals surface area (Å²) in [6.07, 6.45) is 0.830. The van der Waals surface area contributed by atoms with Gasteiger partial charge in [0.1, 0.15) is 0 Å². The number of benzene rings is 1. The van der Waals surface area contributed by atoms with Crippen LogP contribution in [0.25, 0.3) is 0 Å². The van der Waals surface area contributed by atoms with Crippen molar-refractivity contribution in [1.29, 1.82) is 0 Å². The maximum Gasteiger partial charge on any atom is 0.337 e. The molecule has 2 rings (SSSR count). The molecule has 1 aliphatic rings. The van der Waals surface area contributed by atoms with Crippen LogP contribution in [-0.4, -0.2) is 37.2 Å². The van der Waals surface area contributed by atoms with Crippen LogP contribution in [0.15, 0.2) is 23.1 Å². The van der Waals surface area contributed by atoms with Crippen LogP contribution < -0.4 is 4.72 Å². The van der Waals surface area contributed by atoms with Gasteiger partial charge in [-0.05, 0) is 37.0 Å². The van der Waals surface area contributed by atoms with Crippen LogP contribution >= 0.6 is 11.6 Å². The molecule has 0 bridgehead atoms. The third-order valence-electron chi connectivity index (χ3n) is 3.25. The molecule has 1 aliphatic carbocycles. The molecular weight excluding hydrogens is 306 g/mol. The first-order valence-electron chi connectivity index (χ1n) is 6.00. The molecule has 0 aromatic heterocycles. The van der Waals surface area contributed by atoms with Gasteiger partial charge >= 0.3 is 5.97 Å². The predicted molar refractivity (Wildman–Crippen MR) is 72.3 cm³/mol. The second-order valence-corrected chi connectivity index (χ2v) is 6.96. The van der Waals surface area contributed by atoms with Crippen molar-refractivity contribution in [3.8, 4) is 0 Å². The van der Waals surface area contributed by atoms with E-state index in [0.29, 0.717) is 12.8 Å². The van der Waals surface area contributed by atoms with Crippen molar-refractivity contribution in [2.45, 2.75) is 23.8 Å². The molecule has 0 saturated heterocycles. The van der Waals surface area contributed by atoms with E-state index in [1.54, 1.807) is 0 Å². The number of aliphatic hydroxyl groups is 1. The monoisotopic (exact) mass is 319 g/mol. The number of nitrogens with one attached hydrogen (secondary N) is 1. The van der Waals surface area contributed by atoms with Gasteiger partial charge in [0.2, 0.25) is 10.0 Å². The van der Waals surface area contributed by atoms with Gasteiger partial charge in [-0.15, -0.1) is 0 Å². The minimum Gasteiger partial charge on any atom is -0.478 e. The highest BCUT2D eigenvalue weighted by Crippen LogP contribution is 2.27. The number of aromatic carboxylic acids is 1. The van der Waals surface area contributed by atoms with Crippen LogP contribution in [-0.2, 0) is 10.0 Å². The molecule has 0 heterocycles. The molecule has 6 nitrogen and oxygen atoms in total. The highest BCUT2D eigenvalue weighted by atomic mass is 35.5. The zero-order valence-corrected chi connectivity index (χ0v) is 12.0. The molecule has 1 aromatic rings. The van der Waals surface area contributed by atoms with E-state index in [2.05, 4.69) is 4.72 Å². The summed E-state index contributed by atoms with van der Waals surface area (Å²) < 4.78 is 26.5. The Morgan fingerprint density at radius 3 is 2.55 bits per heavy atom. The molecule has 1 saturated carbocycles. The Morgan fingerprint density at radius 1 is 1.40 bits per heavy atom. The van der Waals surface area contributed by atoms with Gasteiger partial charge < -0.3 is 10.2 Å². The standard InChI is InChI=1S/C12H14ClNO5S/c13-11-5-9(1-2-10(11)12(16)17)20(18,19)14-6-7-3-8(15)4-7/h1-2,5,7-8,14-15H,3-4,6H2,(H,16,17). The number of sulfonamides is 1. The van der Waals surface area contributed by atoms with E-state index in [1.165, 1.54) is 6.07 Å². The lowest BCUT2D eigenvalue weighted by atomic mass is 9.83. The number of rotatable bonds is 5. The molecule has 1 fully saturated rings. The molecule has 0 aliphatic heterocycles. The number of carboxylic acids is 1. The van der Waals surface area contributed by atoms with Crippen LogP contribution in [0.2, 0.25) is 5.02 Å². The molecular formula is C12H14ClNO5S. The van der Waals surface area contributed by atoms with Crippen molar-refractivity contribution >= 4 is 27.6 Å². The average molecular weight is 320 g/mol. The average Bonchev–Trinajstić information content (AvgIpc) is 2.32. The van der Waals surface area contributed by atoms with Gasteiger partial charge in [0.05, 0.1) is 21.6 Å². The summed E-state index contributed by atoms with van der Waals surface area (Å²) in [5.41, 5.74) is -0.146. The van der Waals surface area contributed by atoms with Crippen LogP contribution in [0.5, 0.6) is 0 Å². The van der Waals surface area contributed by atoms with Crippen molar-refractivity contribution in [2.24, 2.45) is 5.92 Å². The fourth-order valence-corrected chi connectivity index (χ4v) is 3.48. The van der Waals surface area contributed by atoms with E-state index < -0.39 is 16.0 Å². The Bertz CT molecular complexity index is 625. The fraction of sp³-hybridized carbons (Fsp3) is 0.417. The van der Waals surface area contributed by atoms with E-state index in [0.717, 1.165) is 12.1 Å². The first kappa shape index (κ1) is 15.2. The SMILES string of the molecule is O=C(O)c1ccc(S(=O)(=O)NCC2CC(O)C2)cc1Cl. The van der Waals surface area contributed by atoms with Crippen molar-refractivity contribution in [3.05, 3.63) is 28.8 Å². The minimum atomic E-state index is -3.72. The summed E-state index contributed by atoms with van der Waals surface area (Å²) in [6.45, 7) is 0.248. The normalized spacial score (nSPS) is 22.3. The molecule has 3 N–H and O–H groups in total. The highest BCUT2D eigenvalue weighted by Gasteiger charge is 2.28. The second-order valence-electron chi connectivity index (χ2n) is 4.79. The number of hydrogen-bond acceptors (Lipinski definition) is 4. The quantitative estimate of drug-likeness (QED) is 0.753. The molecule has 0 radical (unpaired) electrons. The van der Waals surface area contributed by atoms with Crippen molar-refractivity contribution in [1.82, 2.24) is 4.72 Å². The number of halogens is 1. The molecule has 20 heavy (non-hydrogen) atoms. The fourth-order valence-electron chi connectivity index (χ4n) is 2.01. The molecule has 1 aromatic carbocycles. The van der Waals surface area contributed by atoms with Gasteiger partial charge in [-0.1, -0.05) is 11.6 Å². The lowest BCUT2D eigenvalue weighted by Gasteiger charge is -2.31. The van der Waals surface area contributed by atoms with Gasteiger partial charge in [-0.2, -0.15) is 0 Å². The predicted octanol–water partition coefficient (Wildman–Crippen LogP) is 1.09. The molecule has 110 valence electrons. The molecule has 8 heteroatoms. The zero-order chi connectivity index (χ0) is 14.9. The Morgan fingerprint density at radius 2 is 2.05 bits per heavy atom. The zero-order valence-electron chi connectivity index (χ0n) is 10.4. The van der Waals surface area contributed by atoms with Crippen LogP contribution in [0, 0.1) is 5.92 Å². The topological polar surface area (TPSA) is 104 Å². The number of aliphatic hydroxyl groups excluding tert-OH is 1. The van der Waals surface area contributed by atoms with E-state index >= 15 is 0 Å². The second kappa shape index (κ2) is 5.69. The first-order valence-corrected chi connectivity index (χ1v) is 7.86. The lowest BCUT2D eigenvalue weighted by Crippen LogP contribution is -2.38. The summed E-state index contributed by atoms with van der Waals surface area (Å²) in [4.78, 5) is 10.7.